The lowest BCUT2D eigenvalue weighted by atomic mass is 9.97. The number of hydrogen-bond donors (Lipinski definition) is 1. The van der Waals surface area contributed by atoms with Crippen LogP contribution in [0.5, 0.6) is 5.75 Å². The van der Waals surface area contributed by atoms with E-state index in [-0.39, 0.29) is 0 Å². The molecule has 1 rings (SSSR count). The highest BCUT2D eigenvalue weighted by Crippen LogP contribution is 2.19. The topological polar surface area (TPSA) is 71.3 Å². The Labute approximate surface area is 119 Å². The quantitative estimate of drug-likeness (QED) is 0.917. The lowest BCUT2D eigenvalue weighted by molar-refractivity contribution is 0.0528. The van der Waals surface area contributed by atoms with Crippen molar-refractivity contribution in [3.63, 3.8) is 0 Å². The van der Waals surface area contributed by atoms with E-state index in [1.165, 1.54) is 7.11 Å². The second-order valence-electron chi connectivity index (χ2n) is 5.33. The Bertz CT molecular complexity index is 513. The van der Waals surface area contributed by atoms with Crippen LogP contribution in [0.3, 0.4) is 0 Å². The number of nitrogens with zero attached hydrogens (tertiary/aromatic N) is 1. The van der Waals surface area contributed by atoms with E-state index in [0.29, 0.717) is 24.3 Å². The van der Waals surface area contributed by atoms with Crippen molar-refractivity contribution in [1.82, 2.24) is 5.32 Å². The van der Waals surface area contributed by atoms with E-state index in [4.69, 9.17) is 14.7 Å². The monoisotopic (exact) mass is 275 g/mol. The predicted molar refractivity (Wildman–Crippen MR) is 75.6 cm³/mol. The van der Waals surface area contributed by atoms with Gasteiger partial charge in [-0.3, -0.25) is 0 Å². The van der Waals surface area contributed by atoms with Crippen LogP contribution in [0, 0.1) is 11.3 Å². The molecular weight excluding hydrogens is 255 g/mol. The second kappa shape index (κ2) is 6.80. The number of alkyl carbamates (subject to hydrolysis) is 1. The summed E-state index contributed by atoms with van der Waals surface area (Å²) in [5.74, 6) is 0.544. The predicted octanol–water partition coefficient (Wildman–Crippen LogP) is 2.63. The number of hydrogen-bond acceptors (Lipinski definition) is 4. The van der Waals surface area contributed by atoms with Crippen LogP contribution in [0.2, 0.25) is 0 Å². The molecule has 1 N–H and O–H groups in total. The molecule has 0 saturated heterocycles. The number of amides is 1. The summed E-state index contributed by atoms with van der Waals surface area (Å²) in [4.78, 5) is 11.5. The van der Waals surface area contributed by atoms with Gasteiger partial charge in [-0.1, -0.05) is 6.07 Å². The molecule has 5 heteroatoms. The maximum atomic E-state index is 11.5. The first-order valence-electron chi connectivity index (χ1n) is 6.39. The summed E-state index contributed by atoms with van der Waals surface area (Å²) in [5.41, 5.74) is 0.982. The van der Waals surface area contributed by atoms with Crippen molar-refractivity contribution in [3.05, 3.63) is 29.3 Å². The Kier molecular flexibility index (Phi) is 5.39. The van der Waals surface area contributed by atoms with Gasteiger partial charge in [-0.05, 0) is 44.9 Å². The Morgan fingerprint density at radius 1 is 1.40 bits per heavy atom. The molecule has 108 valence electrons. The molecule has 0 radical (unpaired) electrons. The lowest BCUT2D eigenvalue weighted by Gasteiger charge is -2.19. The highest BCUT2D eigenvalue weighted by atomic mass is 16.6. The van der Waals surface area contributed by atoms with Gasteiger partial charge in [0.1, 0.15) is 17.4 Å². The molecule has 0 aliphatic heterocycles. The van der Waals surface area contributed by atoms with Crippen LogP contribution >= 0.6 is 0 Å². The number of rotatable bonds is 4. The van der Waals surface area contributed by atoms with Crippen molar-refractivity contribution in [2.75, 3.05) is 13.7 Å². The molecule has 0 unspecified atom stereocenters. The number of nitriles is 1. The molecule has 0 atom stereocenters. The smallest absolute Gasteiger partial charge is 0.407 e. The highest BCUT2D eigenvalue weighted by Gasteiger charge is 2.15. The van der Waals surface area contributed by atoms with E-state index in [9.17, 15) is 4.79 Å². The molecule has 5 nitrogen and oxygen atoms in total. The Hall–Kier alpha value is -2.22. The summed E-state index contributed by atoms with van der Waals surface area (Å²) in [6.07, 6.45) is 0.208. The zero-order chi connectivity index (χ0) is 15.2. The van der Waals surface area contributed by atoms with Gasteiger partial charge in [0, 0.05) is 6.54 Å². The maximum absolute atomic E-state index is 11.5. The third-order valence-electron chi connectivity index (χ3n) is 2.47. The molecule has 0 aliphatic carbocycles. The van der Waals surface area contributed by atoms with Gasteiger partial charge < -0.3 is 14.8 Å². The van der Waals surface area contributed by atoms with E-state index < -0.39 is 11.7 Å². The second-order valence-corrected chi connectivity index (χ2v) is 5.33. The Balaban J connectivity index is 2.51. The van der Waals surface area contributed by atoms with E-state index in [0.717, 1.165) is 5.56 Å². The molecule has 0 spiro atoms. The van der Waals surface area contributed by atoms with Gasteiger partial charge in [-0.2, -0.15) is 5.26 Å². The van der Waals surface area contributed by atoms with Gasteiger partial charge in [0.05, 0.1) is 12.7 Å². The number of nitrogens with one attached hydrogen (secondary N) is 1. The third kappa shape index (κ3) is 5.19. The fourth-order valence-electron chi connectivity index (χ4n) is 1.61. The summed E-state index contributed by atoms with van der Waals surface area (Å²) in [7, 11) is 1.53. The number of benzene rings is 1. The third-order valence-corrected chi connectivity index (χ3v) is 2.47. The van der Waals surface area contributed by atoms with Crippen molar-refractivity contribution < 1.29 is 14.3 Å². The molecule has 20 heavy (non-hydrogen) atoms. The zero-order valence-electron chi connectivity index (χ0n) is 12.3. The zero-order valence-corrected chi connectivity index (χ0v) is 12.3. The number of ether oxygens (including phenoxy) is 2. The fraction of sp³-hybridized carbons (Fsp3) is 0.467. The van der Waals surface area contributed by atoms with E-state index >= 15 is 0 Å². The summed E-state index contributed by atoms with van der Waals surface area (Å²) in [6.45, 7) is 5.91. The first-order valence-corrected chi connectivity index (χ1v) is 6.39. The minimum atomic E-state index is -0.498. The normalized spacial score (nSPS) is 10.6. The van der Waals surface area contributed by atoms with Gasteiger partial charge in [0.25, 0.3) is 0 Å². The minimum Gasteiger partial charge on any atom is -0.495 e. The van der Waals surface area contributed by atoms with Crippen LogP contribution in [0.25, 0.3) is 0 Å². The average molecular weight is 275 g/mol. The Morgan fingerprint density at radius 2 is 2.10 bits per heavy atom. The molecule has 1 aromatic rings. The van der Waals surface area contributed by atoms with Crippen LogP contribution in [0.1, 0.15) is 31.9 Å². The van der Waals surface area contributed by atoms with Crippen LogP contribution in [-0.2, 0) is 11.2 Å². The molecule has 0 bridgehead atoms. The molecular formula is C15H20N2O3. The molecule has 1 amide bonds. The van der Waals surface area contributed by atoms with Crippen molar-refractivity contribution in [1.29, 1.82) is 5.26 Å². The van der Waals surface area contributed by atoms with Crippen LogP contribution in [0.15, 0.2) is 18.2 Å². The summed E-state index contributed by atoms with van der Waals surface area (Å²) >= 11 is 0. The largest absolute Gasteiger partial charge is 0.495 e. The van der Waals surface area contributed by atoms with E-state index in [2.05, 4.69) is 11.4 Å². The number of carbonyl (C=O) groups is 1. The van der Waals surface area contributed by atoms with Gasteiger partial charge in [0.2, 0.25) is 0 Å². The number of carbonyl (C=O) groups excluding carboxylic acids is 1. The molecule has 0 saturated carbocycles. The van der Waals surface area contributed by atoms with Crippen molar-refractivity contribution in [2.24, 2.45) is 0 Å². The van der Waals surface area contributed by atoms with Gasteiger partial charge in [0.15, 0.2) is 0 Å². The molecule has 0 heterocycles. The first kappa shape index (κ1) is 15.8. The SMILES string of the molecule is COc1cc(CCNC(=O)OC(C)(C)C)ccc1[11C]#N. The lowest BCUT2D eigenvalue weighted by Crippen LogP contribution is -2.33. The first-order chi connectivity index (χ1) is 9.35. The fourth-order valence-corrected chi connectivity index (χ4v) is 1.61. The summed E-state index contributed by atoms with van der Waals surface area (Å²) < 4.78 is 10.3. The van der Waals surface area contributed by atoms with Crippen molar-refractivity contribution in [3.8, 4) is 11.8 Å². The molecule has 0 fully saturated rings. The minimum absolute atomic E-state index is 0.432. The Morgan fingerprint density at radius 3 is 2.65 bits per heavy atom. The van der Waals surface area contributed by atoms with Crippen LogP contribution < -0.4 is 10.1 Å². The number of methoxy groups -OCH3 is 1. The highest BCUT2D eigenvalue weighted by molar-refractivity contribution is 5.67. The standard InChI is InChI=1S/C15H20N2O3/c1-15(2,3)20-14(18)17-8-7-11-5-6-12(10-16)13(9-11)19-4/h5-6,9H,7-8H2,1-4H3,(H,17,18)/i10-1. The van der Waals surface area contributed by atoms with E-state index in [1.807, 2.05) is 26.8 Å². The van der Waals surface area contributed by atoms with Gasteiger partial charge in [-0.15, -0.1) is 0 Å². The molecule has 0 aliphatic rings. The van der Waals surface area contributed by atoms with Gasteiger partial charge >= 0.3 is 6.09 Å². The van der Waals surface area contributed by atoms with Crippen LogP contribution in [0.4, 0.5) is 4.79 Å². The maximum Gasteiger partial charge on any atom is 0.407 e. The van der Waals surface area contributed by atoms with Crippen molar-refractivity contribution in [2.45, 2.75) is 32.8 Å². The van der Waals surface area contributed by atoms with E-state index in [1.54, 1.807) is 12.1 Å². The van der Waals surface area contributed by atoms with Crippen LogP contribution in [-0.4, -0.2) is 25.3 Å². The average Bonchev–Trinajstić information content (AvgIpc) is 2.36. The molecule has 1 aromatic carbocycles. The van der Waals surface area contributed by atoms with Gasteiger partial charge in [-0.25, -0.2) is 4.79 Å². The molecule has 0 aromatic heterocycles. The van der Waals surface area contributed by atoms with Crippen molar-refractivity contribution >= 4 is 6.09 Å². The summed E-state index contributed by atoms with van der Waals surface area (Å²) in [6, 6.07) is 7.42. The summed E-state index contributed by atoms with van der Waals surface area (Å²) in [5, 5.41) is 11.6.